The molecule has 10 heteroatoms. The molecule has 8 rings (SSSR count). The number of allylic oxidation sites excluding steroid dienone is 1. The van der Waals surface area contributed by atoms with E-state index < -0.39 is 86.5 Å². The van der Waals surface area contributed by atoms with Gasteiger partial charge >= 0.3 is 11.9 Å². The van der Waals surface area contributed by atoms with Gasteiger partial charge in [-0.2, -0.15) is 0 Å². The van der Waals surface area contributed by atoms with Gasteiger partial charge in [-0.05, 0) is 63.4 Å². The van der Waals surface area contributed by atoms with E-state index in [1.54, 1.807) is 19.9 Å². The van der Waals surface area contributed by atoms with Gasteiger partial charge in [0.25, 0.3) is 0 Å². The molecule has 2 N–H and O–H groups in total. The summed E-state index contributed by atoms with van der Waals surface area (Å²) in [5.74, 6) is -8.17. The van der Waals surface area contributed by atoms with E-state index in [2.05, 4.69) is 0 Å². The fourth-order valence-electron chi connectivity index (χ4n) is 10.4. The molecule has 2 spiro atoms. The van der Waals surface area contributed by atoms with E-state index in [0.717, 1.165) is 0 Å². The van der Waals surface area contributed by atoms with Crippen molar-refractivity contribution in [3.63, 3.8) is 0 Å². The third kappa shape index (κ3) is 1.95. The summed E-state index contributed by atoms with van der Waals surface area (Å²) in [5, 5.41) is 24.8. The number of ketones is 2. The van der Waals surface area contributed by atoms with Gasteiger partial charge in [0.1, 0.15) is 11.7 Å². The highest BCUT2D eigenvalue weighted by Gasteiger charge is 2.92. The first-order valence-electron chi connectivity index (χ1n) is 13.7. The number of carbonyl (C=O) groups excluding carboxylic acids is 4. The smallest absolute Gasteiger partial charge is 0.342 e. The van der Waals surface area contributed by atoms with Crippen molar-refractivity contribution in [3.8, 4) is 0 Å². The van der Waals surface area contributed by atoms with E-state index in [0.29, 0.717) is 12.8 Å². The Morgan fingerprint density at radius 1 is 1.03 bits per heavy atom. The highest BCUT2D eigenvalue weighted by molar-refractivity contribution is 6.00. The Bertz CT molecular complexity index is 1310. The monoisotopic (exact) mass is 528 g/mol. The Morgan fingerprint density at radius 2 is 1.76 bits per heavy atom. The highest BCUT2D eigenvalue weighted by Crippen LogP contribution is 2.75. The molecule has 2 saturated carbocycles. The zero-order chi connectivity index (χ0) is 27.1. The largest absolute Gasteiger partial charge is 0.458 e. The molecule has 0 aromatic rings. The van der Waals surface area contributed by atoms with Gasteiger partial charge in [0, 0.05) is 5.92 Å². The number of aliphatic hydroxyl groups is 2. The predicted molar refractivity (Wildman–Crippen MR) is 124 cm³/mol. The Labute approximate surface area is 219 Å². The second-order valence-corrected chi connectivity index (χ2v) is 13.7. The second-order valence-electron chi connectivity index (χ2n) is 13.7. The van der Waals surface area contributed by atoms with Crippen molar-refractivity contribution in [1.82, 2.24) is 0 Å². The van der Waals surface area contributed by atoms with E-state index in [1.807, 2.05) is 6.92 Å². The van der Waals surface area contributed by atoms with Crippen molar-refractivity contribution in [1.29, 1.82) is 0 Å². The SMILES string of the molecule is C[C@H]1C(=O)O[C@@H]2C[C@@]1(C)C1C(=O)[C@]3(O)O[C@@]14[C@@](O)(CCC1C3CC3OC35CC=CC(=O)[C@]15C)C(=O)O[C@@]24C. The molecule has 7 fully saturated rings. The van der Waals surface area contributed by atoms with E-state index in [4.69, 9.17) is 18.9 Å². The summed E-state index contributed by atoms with van der Waals surface area (Å²) in [7, 11) is 0. The van der Waals surface area contributed by atoms with Gasteiger partial charge in [-0.15, -0.1) is 0 Å². The average Bonchev–Trinajstić information content (AvgIpc) is 3.45. The van der Waals surface area contributed by atoms with Crippen molar-refractivity contribution in [2.24, 2.45) is 34.5 Å². The molecular weight excluding hydrogens is 496 g/mol. The first-order valence-corrected chi connectivity index (χ1v) is 13.7. The number of ether oxygens (including phenoxy) is 4. The van der Waals surface area contributed by atoms with Gasteiger partial charge in [-0.3, -0.25) is 14.4 Å². The van der Waals surface area contributed by atoms with Gasteiger partial charge in [-0.25, -0.2) is 4.79 Å². The minimum absolute atomic E-state index is 0.138. The number of hydrogen-bond donors (Lipinski definition) is 2. The zero-order valence-corrected chi connectivity index (χ0v) is 21.8. The quantitative estimate of drug-likeness (QED) is 0.341. The molecule has 4 bridgehead atoms. The summed E-state index contributed by atoms with van der Waals surface area (Å²) in [6.07, 6.45) is 3.09. The maximum atomic E-state index is 14.7. The van der Waals surface area contributed by atoms with Crippen LogP contribution in [0.25, 0.3) is 0 Å². The van der Waals surface area contributed by atoms with Crippen molar-refractivity contribution >= 4 is 23.5 Å². The lowest BCUT2D eigenvalue weighted by molar-refractivity contribution is -0.348. The summed E-state index contributed by atoms with van der Waals surface area (Å²) < 4.78 is 24.4. The minimum atomic E-state index is -2.43. The van der Waals surface area contributed by atoms with Crippen LogP contribution in [-0.2, 0) is 38.1 Å². The average molecular weight is 529 g/mol. The van der Waals surface area contributed by atoms with Gasteiger partial charge in [-0.1, -0.05) is 19.9 Å². The van der Waals surface area contributed by atoms with Crippen LogP contribution < -0.4 is 0 Å². The third-order valence-electron chi connectivity index (χ3n) is 12.7. The lowest BCUT2D eigenvalue weighted by atomic mass is 9.46. The summed E-state index contributed by atoms with van der Waals surface area (Å²) in [6, 6.07) is 0. The Hall–Kier alpha value is -2.14. The molecule has 0 amide bonds. The van der Waals surface area contributed by atoms with Crippen molar-refractivity contribution in [2.75, 3.05) is 0 Å². The normalized spacial score (nSPS) is 63.0. The van der Waals surface area contributed by atoms with E-state index in [9.17, 15) is 29.4 Å². The van der Waals surface area contributed by atoms with Gasteiger partial charge in [0.15, 0.2) is 28.4 Å². The Kier molecular flexibility index (Phi) is 3.82. The fraction of sp³-hybridized carbons (Fsp3) is 0.786. The summed E-state index contributed by atoms with van der Waals surface area (Å²) in [4.78, 5) is 54.9. The topological polar surface area (TPSA) is 149 Å². The number of carbonyl (C=O) groups is 4. The molecule has 0 aromatic heterocycles. The van der Waals surface area contributed by atoms with Gasteiger partial charge in [0.05, 0.1) is 23.4 Å². The number of fused-ring (bicyclic) bond motifs is 8. The lowest BCUT2D eigenvalue weighted by Crippen LogP contribution is -2.78. The van der Waals surface area contributed by atoms with Crippen LogP contribution in [0.5, 0.6) is 0 Å². The summed E-state index contributed by atoms with van der Waals surface area (Å²) in [5.41, 5.74) is -8.89. The van der Waals surface area contributed by atoms with Crippen molar-refractivity contribution in [3.05, 3.63) is 12.2 Å². The molecule has 13 atom stereocenters. The Balaban J connectivity index is 1.39. The van der Waals surface area contributed by atoms with Crippen LogP contribution in [0.2, 0.25) is 0 Å². The van der Waals surface area contributed by atoms with Crippen molar-refractivity contribution < 1.29 is 48.3 Å². The minimum Gasteiger partial charge on any atom is -0.458 e. The first-order chi connectivity index (χ1) is 17.7. The molecule has 0 aromatic carbocycles. The molecular formula is C28H32O10. The molecule has 204 valence electrons. The van der Waals surface area contributed by atoms with Crippen LogP contribution in [0.15, 0.2) is 12.2 Å². The second kappa shape index (κ2) is 6.11. The summed E-state index contributed by atoms with van der Waals surface area (Å²) in [6.45, 7) is 6.79. The highest BCUT2D eigenvalue weighted by atomic mass is 16.7. The van der Waals surface area contributed by atoms with Crippen LogP contribution in [0.3, 0.4) is 0 Å². The maximum absolute atomic E-state index is 14.7. The number of esters is 2. The molecule has 10 nitrogen and oxygen atoms in total. The van der Waals surface area contributed by atoms with Crippen LogP contribution in [0.1, 0.15) is 59.8 Å². The molecule has 3 aliphatic carbocycles. The number of Topliss-reactive ketones (excluding diaryl/α,β-unsaturated/α-hetero) is 1. The van der Waals surface area contributed by atoms with E-state index in [1.165, 1.54) is 13.0 Å². The molecule has 38 heavy (non-hydrogen) atoms. The molecule has 5 unspecified atom stereocenters. The van der Waals surface area contributed by atoms with Crippen LogP contribution >= 0.6 is 0 Å². The number of rotatable bonds is 0. The van der Waals surface area contributed by atoms with Crippen LogP contribution in [-0.4, -0.2) is 74.1 Å². The molecule has 8 aliphatic rings. The third-order valence-corrected chi connectivity index (χ3v) is 12.7. The molecule has 5 heterocycles. The zero-order valence-electron chi connectivity index (χ0n) is 21.8. The number of epoxide rings is 1. The molecule has 5 saturated heterocycles. The van der Waals surface area contributed by atoms with Crippen LogP contribution in [0, 0.1) is 34.5 Å². The van der Waals surface area contributed by atoms with E-state index >= 15 is 0 Å². The van der Waals surface area contributed by atoms with Crippen LogP contribution in [0.4, 0.5) is 0 Å². The maximum Gasteiger partial charge on any atom is 0.342 e. The van der Waals surface area contributed by atoms with Gasteiger partial charge in [0.2, 0.25) is 5.79 Å². The van der Waals surface area contributed by atoms with E-state index in [-0.39, 0.29) is 31.1 Å². The molecule has 5 aliphatic heterocycles. The standard InChI is InChI=1S/C28H32O10/c1-12-20(31)35-17-11-22(12,2)18-19(30)27(34)14-10-16-26(36-16)8-5-6-15(29)23(26,3)13(14)7-9-25(33)21(32)37-24(17,4)28(18,25)38-27/h5-6,12-14,16-18,33-34H,7-11H2,1-4H3/t12-,13?,14?,16?,17+,18?,22+,23-,24-,25+,26?,27+,28-/m0/s1. The Morgan fingerprint density at radius 3 is 2.50 bits per heavy atom. The summed E-state index contributed by atoms with van der Waals surface area (Å²) >= 11 is 0. The lowest BCUT2D eigenvalue weighted by Gasteiger charge is -2.61. The molecule has 0 radical (unpaired) electrons. The van der Waals surface area contributed by atoms with Gasteiger partial charge < -0.3 is 29.2 Å². The first kappa shape index (κ1) is 23.7. The number of hydrogen-bond acceptors (Lipinski definition) is 10. The fourth-order valence-corrected chi connectivity index (χ4v) is 10.4. The van der Waals surface area contributed by atoms with Crippen molar-refractivity contribution in [2.45, 2.75) is 100 Å². The predicted octanol–water partition coefficient (Wildman–Crippen LogP) is 0.750.